The quantitative estimate of drug-likeness (QED) is 0.585. The van der Waals surface area contributed by atoms with Gasteiger partial charge in [-0.15, -0.1) is 0 Å². The topological polar surface area (TPSA) is 131 Å². The van der Waals surface area contributed by atoms with E-state index in [1.807, 2.05) is 12.1 Å². The Morgan fingerprint density at radius 2 is 1.81 bits per heavy atom. The monoisotopic (exact) mass is 360 g/mol. The third-order valence-electron chi connectivity index (χ3n) is 5.53. The molecule has 26 heavy (non-hydrogen) atoms. The van der Waals surface area contributed by atoms with Gasteiger partial charge in [0.2, 0.25) is 0 Å². The van der Waals surface area contributed by atoms with E-state index in [9.17, 15) is 20.1 Å². The molecule has 2 atom stereocenters. The van der Waals surface area contributed by atoms with Crippen LogP contribution in [0.25, 0.3) is 10.9 Å². The van der Waals surface area contributed by atoms with Crippen LogP contribution in [0.3, 0.4) is 0 Å². The number of fused-ring (bicyclic) bond motifs is 2. The lowest BCUT2D eigenvalue weighted by atomic mass is 10.0. The molecule has 1 saturated carbocycles. The first kappa shape index (κ1) is 18.1. The second-order valence-corrected chi connectivity index (χ2v) is 6.62. The number of aromatic nitrogens is 1. The molecule has 1 aliphatic carbocycles. The molecule has 2 fully saturated rings. The van der Waals surface area contributed by atoms with Crippen LogP contribution in [0.5, 0.6) is 0 Å². The summed E-state index contributed by atoms with van der Waals surface area (Å²) in [5, 5.41) is 36.0. The summed E-state index contributed by atoms with van der Waals surface area (Å²) in [7, 11) is 0. The molecule has 0 spiro atoms. The van der Waals surface area contributed by atoms with Gasteiger partial charge >= 0.3 is 5.97 Å². The predicted molar refractivity (Wildman–Crippen MR) is 93.2 cm³/mol. The first-order valence-corrected chi connectivity index (χ1v) is 8.20. The van der Waals surface area contributed by atoms with E-state index in [4.69, 9.17) is 9.90 Å². The Kier molecular flexibility index (Phi) is 4.80. The minimum Gasteiger partial charge on any atom is -0.483 e. The molecule has 1 saturated heterocycles. The zero-order valence-corrected chi connectivity index (χ0v) is 13.9. The normalized spacial score (nSPS) is 22.3. The third-order valence-corrected chi connectivity index (χ3v) is 5.53. The molecular weight excluding hydrogens is 340 g/mol. The van der Waals surface area contributed by atoms with Crippen molar-refractivity contribution >= 4 is 29.2 Å². The fourth-order valence-electron chi connectivity index (χ4n) is 4.04. The molecule has 0 amide bonds. The molecule has 0 bridgehead atoms. The van der Waals surface area contributed by atoms with Crippen LogP contribution in [-0.4, -0.2) is 64.2 Å². The van der Waals surface area contributed by atoms with Crippen LogP contribution >= 0.6 is 0 Å². The van der Waals surface area contributed by atoms with Crippen molar-refractivity contribution in [1.29, 1.82) is 0 Å². The fraction of sp³-hybridized carbons (Fsp3) is 0.389. The number of carboxylic acid groups (broad SMARTS) is 2. The molecule has 8 heteroatoms. The average Bonchev–Trinajstić information content (AvgIpc) is 3.00. The van der Waals surface area contributed by atoms with E-state index in [2.05, 4.69) is 9.88 Å². The number of piperidine rings is 1. The first-order valence-electron chi connectivity index (χ1n) is 8.20. The molecule has 4 N–H and O–H groups in total. The summed E-state index contributed by atoms with van der Waals surface area (Å²) in [6, 6.07) is 8.84. The standard InChI is InChI=1S/C17H18N2O4.CH2O2/c20-8-17(9-21)12-6-19(7-13(12)17)15-5-11(16(22)23)10-3-1-2-4-14(10)18-15;2-1-3/h1-5,12-13,20-21H,6-9H2,(H,22,23);1H,(H,2,3). The lowest BCUT2D eigenvalue weighted by molar-refractivity contribution is -0.122. The molecule has 4 rings (SSSR count). The van der Waals surface area contributed by atoms with E-state index in [1.54, 1.807) is 18.2 Å². The Labute approximate surface area is 149 Å². The molecule has 138 valence electrons. The Morgan fingerprint density at radius 3 is 2.35 bits per heavy atom. The van der Waals surface area contributed by atoms with E-state index in [-0.39, 0.29) is 42.5 Å². The number of pyridine rings is 1. The molecule has 2 heterocycles. The fourth-order valence-corrected chi connectivity index (χ4v) is 4.04. The number of benzene rings is 1. The number of carboxylic acids is 1. The number of rotatable bonds is 4. The Hall–Kier alpha value is -2.71. The highest BCUT2D eigenvalue weighted by Gasteiger charge is 2.67. The SMILES string of the molecule is O=C(O)c1cc(N2CC3C(C2)C3(CO)CO)nc2ccccc12.O=CO. The van der Waals surface area contributed by atoms with Gasteiger partial charge < -0.3 is 25.3 Å². The summed E-state index contributed by atoms with van der Waals surface area (Å²) in [6.07, 6.45) is 0. The van der Waals surface area contributed by atoms with Gasteiger partial charge in [0.25, 0.3) is 6.47 Å². The van der Waals surface area contributed by atoms with Gasteiger partial charge in [0.1, 0.15) is 5.82 Å². The zero-order valence-electron chi connectivity index (χ0n) is 13.9. The summed E-state index contributed by atoms with van der Waals surface area (Å²) in [6.45, 7) is 1.13. The van der Waals surface area contributed by atoms with Crippen molar-refractivity contribution in [3.05, 3.63) is 35.9 Å². The van der Waals surface area contributed by atoms with Crippen molar-refractivity contribution in [2.75, 3.05) is 31.2 Å². The molecule has 2 aliphatic rings. The predicted octanol–water partition coefficient (Wildman–Crippen LogP) is 0.671. The molecule has 1 aromatic carbocycles. The highest BCUT2D eigenvalue weighted by atomic mass is 16.4. The second-order valence-electron chi connectivity index (χ2n) is 6.62. The van der Waals surface area contributed by atoms with E-state index in [0.717, 1.165) is 0 Å². The lowest BCUT2D eigenvalue weighted by Crippen LogP contribution is -2.32. The zero-order chi connectivity index (χ0) is 18.9. The van der Waals surface area contributed by atoms with E-state index in [0.29, 0.717) is 29.8 Å². The third kappa shape index (κ3) is 2.77. The number of carbonyl (C=O) groups is 2. The van der Waals surface area contributed by atoms with Gasteiger partial charge in [-0.25, -0.2) is 9.78 Å². The summed E-state index contributed by atoms with van der Waals surface area (Å²) in [5.74, 6) is 0.186. The van der Waals surface area contributed by atoms with Crippen LogP contribution in [0.4, 0.5) is 5.82 Å². The average molecular weight is 360 g/mol. The van der Waals surface area contributed by atoms with Crippen LogP contribution in [-0.2, 0) is 4.79 Å². The number of anilines is 1. The van der Waals surface area contributed by atoms with Crippen LogP contribution in [0.15, 0.2) is 30.3 Å². The van der Waals surface area contributed by atoms with Gasteiger partial charge in [0.05, 0.1) is 24.3 Å². The number of aliphatic hydroxyl groups is 2. The number of nitrogens with zero attached hydrogens (tertiary/aromatic N) is 2. The van der Waals surface area contributed by atoms with Gasteiger partial charge in [-0.1, -0.05) is 18.2 Å². The molecular formula is C18H20N2O6. The minimum atomic E-state index is -0.964. The van der Waals surface area contributed by atoms with Crippen molar-refractivity contribution in [3.63, 3.8) is 0 Å². The van der Waals surface area contributed by atoms with Crippen molar-refractivity contribution in [3.8, 4) is 0 Å². The van der Waals surface area contributed by atoms with Crippen molar-refractivity contribution in [2.45, 2.75) is 0 Å². The van der Waals surface area contributed by atoms with Crippen LogP contribution in [0.1, 0.15) is 10.4 Å². The molecule has 1 aromatic heterocycles. The Balaban J connectivity index is 0.000000613. The number of hydrogen-bond acceptors (Lipinski definition) is 6. The van der Waals surface area contributed by atoms with Gasteiger partial charge in [0, 0.05) is 23.9 Å². The summed E-state index contributed by atoms with van der Waals surface area (Å²) in [5.41, 5.74) is 0.559. The van der Waals surface area contributed by atoms with Gasteiger partial charge in [0.15, 0.2) is 0 Å². The van der Waals surface area contributed by atoms with E-state index < -0.39 is 5.97 Å². The second kappa shape index (κ2) is 6.89. The Morgan fingerprint density at radius 1 is 1.23 bits per heavy atom. The smallest absolute Gasteiger partial charge is 0.336 e. The van der Waals surface area contributed by atoms with Crippen molar-refractivity contribution < 1.29 is 30.0 Å². The largest absolute Gasteiger partial charge is 0.483 e. The lowest BCUT2D eigenvalue weighted by Gasteiger charge is -2.25. The highest BCUT2D eigenvalue weighted by molar-refractivity contribution is 6.03. The molecule has 1 aliphatic heterocycles. The number of aromatic carboxylic acids is 1. The maximum absolute atomic E-state index is 11.5. The summed E-state index contributed by atoms with van der Waals surface area (Å²) < 4.78 is 0. The Bertz CT molecular complexity index is 822. The minimum absolute atomic E-state index is 0.00179. The molecule has 2 unspecified atom stereocenters. The van der Waals surface area contributed by atoms with Crippen molar-refractivity contribution in [2.24, 2.45) is 17.3 Å². The number of para-hydroxylation sites is 1. The maximum atomic E-state index is 11.5. The maximum Gasteiger partial charge on any atom is 0.336 e. The molecule has 8 nitrogen and oxygen atoms in total. The van der Waals surface area contributed by atoms with Crippen molar-refractivity contribution in [1.82, 2.24) is 4.98 Å². The highest BCUT2D eigenvalue weighted by Crippen LogP contribution is 2.62. The van der Waals surface area contributed by atoms with Gasteiger partial charge in [-0.2, -0.15) is 0 Å². The first-order chi connectivity index (χ1) is 12.5. The van der Waals surface area contributed by atoms with Gasteiger partial charge in [-0.05, 0) is 24.0 Å². The van der Waals surface area contributed by atoms with Crippen LogP contribution in [0, 0.1) is 17.3 Å². The molecule has 0 radical (unpaired) electrons. The van der Waals surface area contributed by atoms with Crippen LogP contribution in [0.2, 0.25) is 0 Å². The van der Waals surface area contributed by atoms with E-state index >= 15 is 0 Å². The molecule has 2 aromatic rings. The number of hydrogen-bond donors (Lipinski definition) is 4. The van der Waals surface area contributed by atoms with E-state index in [1.165, 1.54) is 0 Å². The van der Waals surface area contributed by atoms with Crippen LogP contribution < -0.4 is 4.90 Å². The van der Waals surface area contributed by atoms with Gasteiger partial charge in [-0.3, -0.25) is 4.79 Å². The number of aliphatic hydroxyl groups excluding tert-OH is 2. The summed E-state index contributed by atoms with van der Waals surface area (Å²) >= 11 is 0. The summed E-state index contributed by atoms with van der Waals surface area (Å²) in [4.78, 5) is 26.5.